The summed E-state index contributed by atoms with van der Waals surface area (Å²) in [5, 5.41) is 13.7. The Balaban J connectivity index is 1.54. The van der Waals surface area contributed by atoms with Gasteiger partial charge in [-0.15, -0.1) is 0 Å². The first-order valence-electron chi connectivity index (χ1n) is 9.00. The van der Waals surface area contributed by atoms with Gasteiger partial charge in [-0.2, -0.15) is 4.98 Å². The number of carbonyl (C=O) groups is 1. The molecular weight excluding hydrogens is 318 g/mol. The van der Waals surface area contributed by atoms with Crippen LogP contribution in [0.4, 0.5) is 0 Å². The van der Waals surface area contributed by atoms with Crippen molar-refractivity contribution in [3.8, 4) is 11.4 Å². The van der Waals surface area contributed by atoms with Crippen molar-refractivity contribution in [2.24, 2.45) is 5.92 Å². The molecule has 0 unspecified atom stereocenters. The van der Waals surface area contributed by atoms with E-state index in [0.29, 0.717) is 30.2 Å². The summed E-state index contributed by atoms with van der Waals surface area (Å²) in [7, 11) is 0. The summed E-state index contributed by atoms with van der Waals surface area (Å²) in [6, 6.07) is 7.85. The number of nitrogens with zero attached hydrogens (tertiary/aromatic N) is 3. The fourth-order valence-corrected chi connectivity index (χ4v) is 4.32. The molecule has 1 aliphatic carbocycles. The minimum absolute atomic E-state index is 0.324. The lowest BCUT2D eigenvalue weighted by Crippen LogP contribution is -2.41. The molecule has 2 aliphatic rings. The van der Waals surface area contributed by atoms with Crippen molar-refractivity contribution in [2.45, 2.75) is 57.7 Å². The quantitative estimate of drug-likeness (QED) is 0.919. The van der Waals surface area contributed by atoms with Gasteiger partial charge in [-0.25, -0.2) is 0 Å². The molecule has 1 aliphatic heterocycles. The minimum atomic E-state index is -0.743. The molecule has 1 aromatic carbocycles. The molecular formula is C19H23N3O3. The molecule has 2 heterocycles. The van der Waals surface area contributed by atoms with Gasteiger partial charge in [-0.3, -0.25) is 9.69 Å². The van der Waals surface area contributed by atoms with Gasteiger partial charge in [0.1, 0.15) is 6.04 Å². The van der Waals surface area contributed by atoms with Gasteiger partial charge in [0.15, 0.2) is 0 Å². The summed E-state index contributed by atoms with van der Waals surface area (Å²) in [5.41, 5.74) is 2.09. The SMILES string of the molecule is Cc1ccc(-c2noc(CN3[C@@H]4CCCC[C@H]4C[C@H]3C(=O)O)n2)cc1. The van der Waals surface area contributed by atoms with Crippen LogP contribution >= 0.6 is 0 Å². The van der Waals surface area contributed by atoms with Gasteiger partial charge in [0.05, 0.1) is 6.54 Å². The van der Waals surface area contributed by atoms with Crippen molar-refractivity contribution >= 4 is 5.97 Å². The van der Waals surface area contributed by atoms with Crippen LogP contribution in [0.15, 0.2) is 28.8 Å². The Morgan fingerprint density at radius 3 is 2.80 bits per heavy atom. The first-order valence-corrected chi connectivity index (χ1v) is 9.00. The standard InChI is InChI=1S/C19H23N3O3/c1-12-6-8-13(9-7-12)18-20-17(25-21-18)11-22-15-5-3-2-4-14(15)10-16(22)19(23)24/h6-9,14-16H,2-5,10-11H2,1H3,(H,23,24)/t14-,15+,16-/m0/s1. The van der Waals surface area contributed by atoms with Crippen LogP contribution in [0.5, 0.6) is 0 Å². The number of hydrogen-bond acceptors (Lipinski definition) is 5. The van der Waals surface area contributed by atoms with Crippen LogP contribution in [0.1, 0.15) is 43.6 Å². The maximum Gasteiger partial charge on any atom is 0.320 e. The van der Waals surface area contributed by atoms with Gasteiger partial charge in [-0.05, 0) is 32.1 Å². The van der Waals surface area contributed by atoms with E-state index in [1.165, 1.54) is 18.4 Å². The molecule has 6 nitrogen and oxygen atoms in total. The van der Waals surface area contributed by atoms with Crippen molar-refractivity contribution in [3.05, 3.63) is 35.7 Å². The van der Waals surface area contributed by atoms with Gasteiger partial charge >= 0.3 is 5.97 Å². The van der Waals surface area contributed by atoms with E-state index in [-0.39, 0.29) is 0 Å². The lowest BCUT2D eigenvalue weighted by atomic mass is 9.85. The minimum Gasteiger partial charge on any atom is -0.480 e. The highest BCUT2D eigenvalue weighted by atomic mass is 16.5. The maximum absolute atomic E-state index is 11.7. The molecule has 3 atom stereocenters. The van der Waals surface area contributed by atoms with Crippen LogP contribution in [0.2, 0.25) is 0 Å². The highest BCUT2D eigenvalue weighted by Gasteiger charge is 2.45. The summed E-state index contributed by atoms with van der Waals surface area (Å²) < 4.78 is 5.42. The molecule has 1 saturated heterocycles. The fourth-order valence-electron chi connectivity index (χ4n) is 4.32. The third-order valence-corrected chi connectivity index (χ3v) is 5.60. The van der Waals surface area contributed by atoms with E-state index in [2.05, 4.69) is 15.0 Å². The predicted molar refractivity (Wildman–Crippen MR) is 91.8 cm³/mol. The Morgan fingerprint density at radius 2 is 2.04 bits per heavy atom. The van der Waals surface area contributed by atoms with Gasteiger partial charge in [0.2, 0.25) is 11.7 Å². The topological polar surface area (TPSA) is 79.5 Å². The van der Waals surface area contributed by atoms with Crippen LogP contribution in [-0.4, -0.2) is 38.2 Å². The van der Waals surface area contributed by atoms with Crippen molar-refractivity contribution in [1.29, 1.82) is 0 Å². The Hall–Kier alpha value is -2.21. The number of likely N-dealkylation sites (tertiary alicyclic amines) is 1. The highest BCUT2D eigenvalue weighted by Crippen LogP contribution is 2.40. The average molecular weight is 341 g/mol. The lowest BCUT2D eigenvalue weighted by Gasteiger charge is -2.31. The van der Waals surface area contributed by atoms with Crippen LogP contribution in [0, 0.1) is 12.8 Å². The number of fused-ring (bicyclic) bond motifs is 1. The molecule has 1 N–H and O–H groups in total. The summed E-state index contributed by atoms with van der Waals surface area (Å²) in [5.74, 6) is 0.788. The number of carboxylic acids is 1. The van der Waals surface area contributed by atoms with Gasteiger partial charge in [0.25, 0.3) is 0 Å². The van der Waals surface area contributed by atoms with Crippen molar-refractivity contribution < 1.29 is 14.4 Å². The first kappa shape index (κ1) is 16.3. The molecule has 1 aromatic heterocycles. The molecule has 2 aromatic rings. The second kappa shape index (κ2) is 6.59. The molecule has 1 saturated carbocycles. The molecule has 0 radical (unpaired) electrons. The summed E-state index contributed by atoms with van der Waals surface area (Å²) in [6.07, 6.45) is 5.30. The predicted octanol–water partition coefficient (Wildman–Crippen LogP) is 3.26. The van der Waals surface area contributed by atoms with Crippen molar-refractivity contribution in [1.82, 2.24) is 15.0 Å². The van der Waals surface area contributed by atoms with E-state index in [4.69, 9.17) is 4.52 Å². The Kier molecular flexibility index (Phi) is 4.29. The van der Waals surface area contributed by atoms with Crippen LogP contribution in [0.3, 0.4) is 0 Å². The van der Waals surface area contributed by atoms with Crippen LogP contribution < -0.4 is 0 Å². The monoisotopic (exact) mass is 341 g/mol. The molecule has 25 heavy (non-hydrogen) atoms. The first-order chi connectivity index (χ1) is 12.1. The van der Waals surface area contributed by atoms with E-state index in [9.17, 15) is 9.90 Å². The smallest absolute Gasteiger partial charge is 0.320 e. The Bertz CT molecular complexity index is 756. The van der Waals surface area contributed by atoms with E-state index in [1.54, 1.807) is 0 Å². The Morgan fingerprint density at radius 1 is 1.28 bits per heavy atom. The van der Waals surface area contributed by atoms with Gasteiger partial charge in [0, 0.05) is 11.6 Å². The number of aliphatic carboxylic acids is 1. The molecule has 132 valence electrons. The van der Waals surface area contributed by atoms with Crippen molar-refractivity contribution in [3.63, 3.8) is 0 Å². The zero-order chi connectivity index (χ0) is 17.4. The summed E-state index contributed by atoms with van der Waals surface area (Å²) >= 11 is 0. The summed E-state index contributed by atoms with van der Waals surface area (Å²) in [6.45, 7) is 2.45. The molecule has 2 fully saturated rings. The van der Waals surface area contributed by atoms with E-state index in [1.807, 2.05) is 31.2 Å². The van der Waals surface area contributed by atoms with E-state index >= 15 is 0 Å². The number of aromatic nitrogens is 2. The zero-order valence-electron chi connectivity index (χ0n) is 14.4. The molecule has 0 spiro atoms. The van der Waals surface area contributed by atoms with Crippen LogP contribution in [0.25, 0.3) is 11.4 Å². The maximum atomic E-state index is 11.7. The third-order valence-electron chi connectivity index (χ3n) is 5.60. The Labute approximate surface area is 146 Å². The van der Waals surface area contributed by atoms with E-state index in [0.717, 1.165) is 24.8 Å². The molecule has 0 amide bonds. The number of benzene rings is 1. The third kappa shape index (κ3) is 3.18. The fraction of sp³-hybridized carbons (Fsp3) is 0.526. The van der Waals surface area contributed by atoms with Gasteiger partial charge in [-0.1, -0.05) is 47.8 Å². The van der Waals surface area contributed by atoms with Crippen LogP contribution in [-0.2, 0) is 11.3 Å². The van der Waals surface area contributed by atoms with Gasteiger partial charge < -0.3 is 9.63 Å². The largest absolute Gasteiger partial charge is 0.480 e. The summed E-state index contributed by atoms with van der Waals surface area (Å²) in [4.78, 5) is 18.3. The normalized spacial score (nSPS) is 26.5. The van der Waals surface area contributed by atoms with Crippen molar-refractivity contribution in [2.75, 3.05) is 0 Å². The zero-order valence-corrected chi connectivity index (χ0v) is 14.4. The number of hydrogen-bond donors (Lipinski definition) is 1. The number of aryl methyl sites for hydroxylation is 1. The second-order valence-corrected chi connectivity index (χ2v) is 7.25. The lowest BCUT2D eigenvalue weighted by molar-refractivity contribution is -0.143. The molecule has 0 bridgehead atoms. The number of rotatable bonds is 4. The van der Waals surface area contributed by atoms with E-state index < -0.39 is 12.0 Å². The average Bonchev–Trinajstić information content (AvgIpc) is 3.21. The number of carboxylic acid groups (broad SMARTS) is 1. The highest BCUT2D eigenvalue weighted by molar-refractivity contribution is 5.74. The molecule has 6 heteroatoms. The molecule has 4 rings (SSSR count). The second-order valence-electron chi connectivity index (χ2n) is 7.25.